The van der Waals surface area contributed by atoms with Crippen molar-refractivity contribution >= 4 is 17.5 Å². The number of hydrogen-bond acceptors (Lipinski definition) is 5. The third-order valence-electron chi connectivity index (χ3n) is 7.85. The number of pyridine rings is 1. The molecule has 1 unspecified atom stereocenters. The Morgan fingerprint density at radius 3 is 2.71 bits per heavy atom. The quantitative estimate of drug-likeness (QED) is 0.669. The summed E-state index contributed by atoms with van der Waals surface area (Å²) >= 11 is 0. The lowest BCUT2D eigenvalue weighted by Gasteiger charge is -2.41. The van der Waals surface area contributed by atoms with Crippen molar-refractivity contribution in [2.45, 2.75) is 70.9 Å². The van der Waals surface area contributed by atoms with Gasteiger partial charge in [-0.2, -0.15) is 5.26 Å². The summed E-state index contributed by atoms with van der Waals surface area (Å²) in [6.45, 7) is 7.19. The van der Waals surface area contributed by atoms with Gasteiger partial charge in [-0.15, -0.1) is 0 Å². The van der Waals surface area contributed by atoms with E-state index in [0.717, 1.165) is 53.2 Å². The number of urea groups is 1. The van der Waals surface area contributed by atoms with Gasteiger partial charge in [0, 0.05) is 42.8 Å². The van der Waals surface area contributed by atoms with E-state index in [1.54, 1.807) is 0 Å². The fourth-order valence-electron chi connectivity index (χ4n) is 5.88. The van der Waals surface area contributed by atoms with Crippen LogP contribution in [0.2, 0.25) is 0 Å². The number of amides is 2. The number of hydrogen-bond donors (Lipinski definition) is 1. The number of ether oxygens (including phenoxy) is 1. The Hall–Kier alpha value is -3.11. The number of para-hydroxylation sites is 1. The molecule has 1 aromatic heterocycles. The second-order valence-corrected chi connectivity index (χ2v) is 10.1. The molecule has 1 saturated heterocycles. The zero-order valence-corrected chi connectivity index (χ0v) is 20.8. The molecule has 2 aromatic rings. The molecule has 0 radical (unpaired) electrons. The van der Waals surface area contributed by atoms with Crippen LogP contribution in [0.15, 0.2) is 24.3 Å². The van der Waals surface area contributed by atoms with Crippen LogP contribution in [0, 0.1) is 18.3 Å². The van der Waals surface area contributed by atoms with Crippen molar-refractivity contribution in [3.8, 4) is 6.07 Å². The van der Waals surface area contributed by atoms with Gasteiger partial charge in [0.05, 0.1) is 24.5 Å². The van der Waals surface area contributed by atoms with Gasteiger partial charge < -0.3 is 19.9 Å². The number of nitrogens with zero attached hydrogens (tertiary/aromatic N) is 4. The molecule has 1 saturated carbocycles. The molecule has 0 bridgehead atoms. The molecule has 3 heterocycles. The van der Waals surface area contributed by atoms with Gasteiger partial charge in [0.2, 0.25) is 0 Å². The molecule has 1 aromatic carbocycles. The van der Waals surface area contributed by atoms with E-state index in [-0.39, 0.29) is 12.1 Å². The van der Waals surface area contributed by atoms with Gasteiger partial charge in [-0.25, -0.2) is 9.78 Å². The number of piperazine rings is 1. The van der Waals surface area contributed by atoms with Crippen LogP contribution in [0.3, 0.4) is 0 Å². The Balaban J connectivity index is 1.40. The van der Waals surface area contributed by atoms with Gasteiger partial charge in [0.15, 0.2) is 0 Å². The summed E-state index contributed by atoms with van der Waals surface area (Å²) < 4.78 is 5.81. The minimum Gasteiger partial charge on any atom is -0.376 e. The van der Waals surface area contributed by atoms with Crippen LogP contribution >= 0.6 is 0 Å². The molecule has 7 nitrogen and oxygen atoms in total. The van der Waals surface area contributed by atoms with Crippen molar-refractivity contribution in [2.75, 3.05) is 36.5 Å². The van der Waals surface area contributed by atoms with E-state index < -0.39 is 0 Å². The maximum absolute atomic E-state index is 13.1. The van der Waals surface area contributed by atoms with Gasteiger partial charge in [0.25, 0.3) is 0 Å². The van der Waals surface area contributed by atoms with Crippen molar-refractivity contribution < 1.29 is 9.53 Å². The first-order valence-electron chi connectivity index (χ1n) is 13.0. The fourth-order valence-corrected chi connectivity index (χ4v) is 5.88. The van der Waals surface area contributed by atoms with E-state index in [9.17, 15) is 10.1 Å². The summed E-state index contributed by atoms with van der Waals surface area (Å²) in [6, 6.07) is 10.2. The third kappa shape index (κ3) is 4.72. The molecule has 2 amide bonds. The highest BCUT2D eigenvalue weighted by Gasteiger charge is 2.33. The highest BCUT2D eigenvalue weighted by molar-refractivity contribution is 5.90. The molecule has 7 heteroatoms. The van der Waals surface area contributed by atoms with Crippen molar-refractivity contribution in [2.24, 2.45) is 0 Å². The number of fused-ring (bicyclic) bond motifs is 1. The molecule has 1 aliphatic carbocycles. The Kier molecular flexibility index (Phi) is 6.92. The second kappa shape index (κ2) is 10.2. The second-order valence-electron chi connectivity index (χ2n) is 10.1. The van der Waals surface area contributed by atoms with Gasteiger partial charge in [-0.1, -0.05) is 37.5 Å². The van der Waals surface area contributed by atoms with Crippen LogP contribution in [-0.2, 0) is 17.8 Å². The number of rotatable bonds is 3. The van der Waals surface area contributed by atoms with E-state index in [1.807, 2.05) is 36.1 Å². The van der Waals surface area contributed by atoms with Gasteiger partial charge in [-0.3, -0.25) is 0 Å². The lowest BCUT2D eigenvalue weighted by atomic mass is 9.82. The molecule has 35 heavy (non-hydrogen) atoms. The molecular weight excluding hydrogens is 438 g/mol. The fraction of sp³-hybridized carbons (Fsp3) is 0.536. The normalized spacial score (nSPS) is 20.8. The topological polar surface area (TPSA) is 81.5 Å². The van der Waals surface area contributed by atoms with Crippen molar-refractivity contribution in [1.29, 1.82) is 5.26 Å². The number of aryl methyl sites for hydroxylation is 1. The van der Waals surface area contributed by atoms with Crippen molar-refractivity contribution in [3.05, 3.63) is 52.2 Å². The number of benzene rings is 1. The monoisotopic (exact) mass is 473 g/mol. The zero-order chi connectivity index (χ0) is 24.4. The predicted molar refractivity (Wildman–Crippen MR) is 137 cm³/mol. The molecule has 2 aliphatic heterocycles. The van der Waals surface area contributed by atoms with Gasteiger partial charge in [0.1, 0.15) is 11.9 Å². The Morgan fingerprint density at radius 1 is 1.17 bits per heavy atom. The molecular formula is C28H35N5O2. The minimum absolute atomic E-state index is 0.00129. The average Bonchev–Trinajstić information content (AvgIpc) is 2.89. The summed E-state index contributed by atoms with van der Waals surface area (Å²) in [7, 11) is 0. The zero-order valence-electron chi connectivity index (χ0n) is 20.8. The van der Waals surface area contributed by atoms with Crippen LogP contribution in [0.1, 0.15) is 72.9 Å². The molecule has 2 fully saturated rings. The lowest BCUT2D eigenvalue weighted by Crippen LogP contribution is -2.55. The van der Waals surface area contributed by atoms with Gasteiger partial charge in [-0.05, 0) is 50.3 Å². The first-order valence-corrected chi connectivity index (χ1v) is 13.0. The highest BCUT2D eigenvalue weighted by Crippen LogP contribution is 2.39. The Morgan fingerprint density at radius 2 is 1.97 bits per heavy atom. The Bertz CT molecular complexity index is 1130. The van der Waals surface area contributed by atoms with Gasteiger partial charge >= 0.3 is 6.03 Å². The van der Waals surface area contributed by atoms with E-state index in [1.165, 1.54) is 19.3 Å². The maximum atomic E-state index is 13.1. The molecule has 1 N–H and O–H groups in total. The number of anilines is 2. The van der Waals surface area contributed by atoms with E-state index in [2.05, 4.69) is 23.2 Å². The lowest BCUT2D eigenvalue weighted by molar-refractivity contribution is 0.109. The maximum Gasteiger partial charge on any atom is 0.322 e. The smallest absolute Gasteiger partial charge is 0.322 e. The predicted octanol–water partition coefficient (Wildman–Crippen LogP) is 5.12. The standard InChI is InChI=1S/C28H35N5O2/c1-19-8-6-7-11-25(19)30-28(34)33-14-13-32(17-20(33)2)27-23(16-29)22-12-15-35-18-24(22)26(31-27)21-9-4-3-5-10-21/h6-8,11,20-21H,3-5,9-10,12-15,17-18H2,1-2H3,(H,30,34). The van der Waals surface area contributed by atoms with E-state index in [4.69, 9.17) is 9.72 Å². The summed E-state index contributed by atoms with van der Waals surface area (Å²) in [5.41, 5.74) is 6.04. The summed E-state index contributed by atoms with van der Waals surface area (Å²) in [6.07, 6.45) is 6.86. The molecule has 1 atom stereocenters. The van der Waals surface area contributed by atoms with Crippen LogP contribution in [0.25, 0.3) is 0 Å². The van der Waals surface area contributed by atoms with Crippen LogP contribution in [0.5, 0.6) is 0 Å². The largest absolute Gasteiger partial charge is 0.376 e. The van der Waals surface area contributed by atoms with Crippen molar-refractivity contribution in [3.63, 3.8) is 0 Å². The van der Waals surface area contributed by atoms with E-state index in [0.29, 0.717) is 44.3 Å². The molecule has 5 rings (SSSR count). The van der Waals surface area contributed by atoms with Crippen LogP contribution in [0.4, 0.5) is 16.3 Å². The summed E-state index contributed by atoms with van der Waals surface area (Å²) in [4.78, 5) is 22.4. The minimum atomic E-state index is -0.0783. The Labute approximate surface area is 208 Å². The highest BCUT2D eigenvalue weighted by atomic mass is 16.5. The first-order chi connectivity index (χ1) is 17.1. The molecule has 0 spiro atoms. The van der Waals surface area contributed by atoms with Crippen LogP contribution in [-0.4, -0.2) is 48.2 Å². The third-order valence-corrected chi connectivity index (χ3v) is 7.85. The SMILES string of the molecule is Cc1ccccc1NC(=O)N1CCN(c2nc(C3CCCCC3)c3c(c2C#N)CCOC3)CC1C. The van der Waals surface area contributed by atoms with Crippen molar-refractivity contribution in [1.82, 2.24) is 9.88 Å². The number of aromatic nitrogens is 1. The first kappa shape index (κ1) is 23.6. The summed E-state index contributed by atoms with van der Waals surface area (Å²) in [5.74, 6) is 1.25. The van der Waals surface area contributed by atoms with Crippen LogP contribution < -0.4 is 10.2 Å². The number of carbonyl (C=O) groups excluding carboxylic acids is 1. The average molecular weight is 474 g/mol. The summed E-state index contributed by atoms with van der Waals surface area (Å²) in [5, 5.41) is 13.2. The molecule has 184 valence electrons. The molecule has 3 aliphatic rings. The van der Waals surface area contributed by atoms with E-state index >= 15 is 0 Å². The number of nitriles is 1. The number of carbonyl (C=O) groups is 1. The number of nitrogens with one attached hydrogen (secondary N) is 1.